The monoisotopic (exact) mass is 284 g/mol. The van der Waals surface area contributed by atoms with E-state index in [2.05, 4.69) is 27.8 Å². The maximum Gasteiger partial charge on any atom is 0.0819 e. The van der Waals surface area contributed by atoms with Crippen LogP contribution in [-0.4, -0.2) is 69.0 Å². The molecule has 3 unspecified atom stereocenters. The van der Waals surface area contributed by atoms with Gasteiger partial charge in [-0.15, -0.1) is 0 Å². The van der Waals surface area contributed by atoms with Crippen molar-refractivity contribution in [2.24, 2.45) is 17.4 Å². The second-order valence-electron chi connectivity index (χ2n) is 6.29. The summed E-state index contributed by atoms with van der Waals surface area (Å²) in [7, 11) is 0. The van der Waals surface area contributed by atoms with Gasteiger partial charge in [-0.3, -0.25) is 4.90 Å². The second-order valence-corrected chi connectivity index (χ2v) is 6.29. The lowest BCUT2D eigenvalue weighted by Gasteiger charge is -2.46. The third-order valence-electron chi connectivity index (χ3n) is 4.73. The maximum atomic E-state index is 6.79. The van der Waals surface area contributed by atoms with Gasteiger partial charge in [-0.05, 0) is 45.3 Å². The van der Waals surface area contributed by atoms with Crippen LogP contribution in [0.1, 0.15) is 19.8 Å². The molecule has 0 radical (unpaired) electrons. The van der Waals surface area contributed by atoms with Crippen molar-refractivity contribution in [2.75, 3.05) is 52.4 Å². The zero-order valence-electron chi connectivity index (χ0n) is 12.8. The fourth-order valence-corrected chi connectivity index (χ4v) is 3.58. The van der Waals surface area contributed by atoms with Crippen molar-refractivity contribution in [1.29, 1.82) is 0 Å². The highest BCUT2D eigenvalue weighted by Gasteiger charge is 2.40. The van der Waals surface area contributed by atoms with Crippen molar-refractivity contribution < 1.29 is 0 Å². The van der Waals surface area contributed by atoms with Crippen molar-refractivity contribution in [1.82, 2.24) is 20.9 Å². The van der Waals surface area contributed by atoms with Crippen LogP contribution in [0.5, 0.6) is 0 Å². The standard InChI is InChI=1S/C14H32N6/c1-14(16,20-9-2-5-17-8-10-20)13-12(3-4-15)11-18-6-7-19-13/h12-13,17-19H,2-11,15-16H2,1H3. The molecular weight excluding hydrogens is 252 g/mol. The number of nitrogens with zero attached hydrogens (tertiary/aromatic N) is 1. The van der Waals surface area contributed by atoms with Crippen LogP contribution in [0.4, 0.5) is 0 Å². The largest absolute Gasteiger partial charge is 0.330 e. The van der Waals surface area contributed by atoms with E-state index in [9.17, 15) is 0 Å². The Kier molecular flexibility index (Phi) is 6.20. The molecule has 2 rings (SSSR count). The molecular formula is C14H32N6. The average molecular weight is 284 g/mol. The van der Waals surface area contributed by atoms with E-state index in [-0.39, 0.29) is 5.66 Å². The molecule has 118 valence electrons. The van der Waals surface area contributed by atoms with Gasteiger partial charge in [-0.1, -0.05) is 0 Å². The molecule has 2 aliphatic rings. The number of hydrogen-bond donors (Lipinski definition) is 5. The molecule has 20 heavy (non-hydrogen) atoms. The number of rotatable bonds is 4. The molecule has 0 bridgehead atoms. The molecule has 0 spiro atoms. The van der Waals surface area contributed by atoms with Crippen LogP contribution < -0.4 is 27.4 Å². The normalized spacial score (nSPS) is 33.1. The summed E-state index contributed by atoms with van der Waals surface area (Å²) in [4.78, 5) is 2.44. The molecule has 0 aromatic heterocycles. The molecule has 7 N–H and O–H groups in total. The molecule has 0 aliphatic carbocycles. The predicted octanol–water partition coefficient (Wildman–Crippen LogP) is -1.52. The summed E-state index contributed by atoms with van der Waals surface area (Å²) < 4.78 is 0. The van der Waals surface area contributed by atoms with Gasteiger partial charge in [0.05, 0.1) is 5.66 Å². The van der Waals surface area contributed by atoms with E-state index < -0.39 is 0 Å². The molecule has 0 amide bonds. The summed E-state index contributed by atoms with van der Waals surface area (Å²) in [5.41, 5.74) is 12.3. The number of nitrogens with two attached hydrogens (primary N) is 2. The van der Waals surface area contributed by atoms with Crippen LogP contribution in [0, 0.1) is 5.92 Å². The van der Waals surface area contributed by atoms with Crippen LogP contribution >= 0.6 is 0 Å². The third-order valence-corrected chi connectivity index (χ3v) is 4.73. The Hall–Kier alpha value is -0.240. The van der Waals surface area contributed by atoms with Crippen molar-refractivity contribution in [3.05, 3.63) is 0 Å². The summed E-state index contributed by atoms with van der Waals surface area (Å²) in [5, 5.41) is 10.6. The lowest BCUT2D eigenvalue weighted by molar-refractivity contribution is 0.0535. The average Bonchev–Trinajstić information content (AvgIpc) is 2.81. The van der Waals surface area contributed by atoms with Gasteiger partial charge in [0.1, 0.15) is 0 Å². The van der Waals surface area contributed by atoms with Crippen LogP contribution in [0.3, 0.4) is 0 Å². The van der Waals surface area contributed by atoms with Crippen LogP contribution in [0.15, 0.2) is 0 Å². The Morgan fingerprint density at radius 2 is 2.00 bits per heavy atom. The Bertz CT molecular complexity index is 275. The molecule has 0 aromatic carbocycles. The summed E-state index contributed by atoms with van der Waals surface area (Å²) >= 11 is 0. The third kappa shape index (κ3) is 3.90. The lowest BCUT2D eigenvalue weighted by atomic mass is 9.86. The highest BCUT2D eigenvalue weighted by molar-refractivity contribution is 4.98. The first kappa shape index (κ1) is 16.1. The van der Waals surface area contributed by atoms with Gasteiger partial charge in [-0.2, -0.15) is 0 Å². The van der Waals surface area contributed by atoms with Crippen molar-refractivity contribution >= 4 is 0 Å². The Labute approximate surface area is 123 Å². The SMILES string of the molecule is CC(N)(C1NCCNCC1CCN)N1CCCNCC1. The zero-order chi connectivity index (χ0) is 14.4. The summed E-state index contributed by atoms with van der Waals surface area (Å²) in [6.45, 7) is 10.1. The smallest absolute Gasteiger partial charge is 0.0819 e. The molecule has 2 aliphatic heterocycles. The number of hydrogen-bond acceptors (Lipinski definition) is 6. The highest BCUT2D eigenvalue weighted by Crippen LogP contribution is 2.23. The fraction of sp³-hybridized carbons (Fsp3) is 1.00. The molecule has 2 fully saturated rings. The van der Waals surface area contributed by atoms with Crippen molar-refractivity contribution in [3.8, 4) is 0 Å². The van der Waals surface area contributed by atoms with Gasteiger partial charge < -0.3 is 27.4 Å². The van der Waals surface area contributed by atoms with Gasteiger partial charge in [-0.25, -0.2) is 0 Å². The Balaban J connectivity index is 2.09. The molecule has 6 nitrogen and oxygen atoms in total. The Morgan fingerprint density at radius 1 is 1.15 bits per heavy atom. The van der Waals surface area contributed by atoms with E-state index >= 15 is 0 Å². The van der Waals surface area contributed by atoms with Crippen LogP contribution in [-0.2, 0) is 0 Å². The summed E-state index contributed by atoms with van der Waals surface area (Å²) in [5.74, 6) is 0.494. The van der Waals surface area contributed by atoms with E-state index in [4.69, 9.17) is 11.5 Å². The molecule has 2 saturated heterocycles. The van der Waals surface area contributed by atoms with Gasteiger partial charge >= 0.3 is 0 Å². The quantitative estimate of drug-likeness (QED) is 0.431. The predicted molar refractivity (Wildman–Crippen MR) is 83.5 cm³/mol. The van der Waals surface area contributed by atoms with Crippen LogP contribution in [0.2, 0.25) is 0 Å². The minimum atomic E-state index is -0.322. The summed E-state index contributed by atoms with van der Waals surface area (Å²) in [6.07, 6.45) is 2.18. The van der Waals surface area contributed by atoms with Gasteiger partial charge in [0.15, 0.2) is 0 Å². The Morgan fingerprint density at radius 3 is 2.80 bits per heavy atom. The zero-order valence-corrected chi connectivity index (χ0v) is 12.8. The van der Waals surface area contributed by atoms with E-state index in [1.807, 2.05) is 0 Å². The fourth-order valence-electron chi connectivity index (χ4n) is 3.58. The van der Waals surface area contributed by atoms with E-state index in [1.165, 1.54) is 6.42 Å². The second kappa shape index (κ2) is 7.68. The van der Waals surface area contributed by atoms with E-state index in [1.54, 1.807) is 0 Å². The minimum absolute atomic E-state index is 0.291. The van der Waals surface area contributed by atoms with Gasteiger partial charge in [0.25, 0.3) is 0 Å². The molecule has 0 aromatic rings. The highest BCUT2D eigenvalue weighted by atomic mass is 15.3. The van der Waals surface area contributed by atoms with E-state index in [0.29, 0.717) is 12.0 Å². The van der Waals surface area contributed by atoms with Gasteiger partial charge in [0.2, 0.25) is 0 Å². The molecule has 6 heteroatoms. The molecule has 3 atom stereocenters. The summed E-state index contributed by atoms with van der Waals surface area (Å²) in [6, 6.07) is 0.291. The van der Waals surface area contributed by atoms with Crippen molar-refractivity contribution in [3.63, 3.8) is 0 Å². The lowest BCUT2D eigenvalue weighted by Crippen LogP contribution is -2.68. The van der Waals surface area contributed by atoms with Crippen LogP contribution in [0.25, 0.3) is 0 Å². The number of nitrogens with one attached hydrogen (secondary N) is 3. The first-order chi connectivity index (χ1) is 9.66. The maximum absolute atomic E-state index is 6.79. The van der Waals surface area contributed by atoms with E-state index in [0.717, 1.165) is 58.8 Å². The van der Waals surface area contributed by atoms with Gasteiger partial charge in [0, 0.05) is 38.8 Å². The first-order valence-electron chi connectivity index (χ1n) is 8.05. The van der Waals surface area contributed by atoms with Crippen molar-refractivity contribution in [2.45, 2.75) is 31.5 Å². The first-order valence-corrected chi connectivity index (χ1v) is 8.05. The minimum Gasteiger partial charge on any atom is -0.330 e. The topological polar surface area (TPSA) is 91.4 Å². The molecule has 2 heterocycles. The molecule has 0 saturated carbocycles.